The number of nitrogens with zero attached hydrogens (tertiary/aromatic N) is 1. The van der Waals surface area contributed by atoms with Gasteiger partial charge < -0.3 is 5.32 Å². The molecule has 5 heteroatoms. The molecule has 0 aliphatic rings. The number of hydrogen-bond donors (Lipinski definition) is 2. The van der Waals surface area contributed by atoms with Gasteiger partial charge in [-0.1, -0.05) is 55.5 Å². The average Bonchev–Trinajstić information content (AvgIpc) is 2.66. The second-order valence-electron chi connectivity index (χ2n) is 6.10. The minimum absolute atomic E-state index is 0.136. The molecule has 0 aliphatic heterocycles. The van der Waals surface area contributed by atoms with E-state index >= 15 is 0 Å². The monoisotopic (exact) mass is 351 g/mol. The van der Waals surface area contributed by atoms with E-state index in [2.05, 4.69) is 15.8 Å². The van der Waals surface area contributed by atoms with Crippen molar-refractivity contribution in [2.45, 2.75) is 39.5 Å². The van der Waals surface area contributed by atoms with Crippen LogP contribution in [0.1, 0.15) is 37.8 Å². The quantitative estimate of drug-likeness (QED) is 0.562. The van der Waals surface area contributed by atoms with Crippen LogP contribution in [0.5, 0.6) is 0 Å². The number of carbonyl (C=O) groups excluding carboxylic acids is 2. The largest absolute Gasteiger partial charge is 0.326 e. The van der Waals surface area contributed by atoms with Crippen molar-refractivity contribution in [3.8, 4) is 0 Å². The highest BCUT2D eigenvalue weighted by Gasteiger charge is 2.08. The summed E-state index contributed by atoms with van der Waals surface area (Å²) in [6, 6.07) is 17.5. The number of benzene rings is 2. The molecule has 0 unspecified atom stereocenters. The Morgan fingerprint density at radius 1 is 0.962 bits per heavy atom. The zero-order valence-corrected chi connectivity index (χ0v) is 15.3. The summed E-state index contributed by atoms with van der Waals surface area (Å²) in [6.45, 7) is 3.77. The Morgan fingerprint density at radius 3 is 2.38 bits per heavy atom. The van der Waals surface area contributed by atoms with Crippen LogP contribution in [-0.2, 0) is 22.4 Å². The number of para-hydroxylation sites is 1. The molecule has 5 nitrogen and oxygen atoms in total. The van der Waals surface area contributed by atoms with Crippen LogP contribution in [-0.4, -0.2) is 17.5 Å². The molecule has 2 rings (SSSR count). The lowest BCUT2D eigenvalue weighted by atomic mass is 10.1. The summed E-state index contributed by atoms with van der Waals surface area (Å²) < 4.78 is 0. The van der Waals surface area contributed by atoms with E-state index < -0.39 is 0 Å². The van der Waals surface area contributed by atoms with Crippen LogP contribution in [0.25, 0.3) is 0 Å². The Hall–Kier alpha value is -2.95. The first-order valence-corrected chi connectivity index (χ1v) is 8.82. The molecule has 0 saturated carbocycles. The number of amides is 2. The van der Waals surface area contributed by atoms with Crippen molar-refractivity contribution in [3.05, 3.63) is 65.7 Å². The zero-order valence-electron chi connectivity index (χ0n) is 15.3. The molecule has 0 heterocycles. The molecule has 0 bridgehead atoms. The molecule has 2 amide bonds. The third kappa shape index (κ3) is 6.51. The van der Waals surface area contributed by atoms with Gasteiger partial charge in [0.25, 0.3) is 0 Å². The maximum atomic E-state index is 12.1. The van der Waals surface area contributed by atoms with Gasteiger partial charge in [-0.15, -0.1) is 0 Å². The Morgan fingerprint density at radius 2 is 1.65 bits per heavy atom. The van der Waals surface area contributed by atoms with Crippen LogP contribution in [0, 0.1) is 0 Å². The maximum Gasteiger partial charge on any atom is 0.240 e. The summed E-state index contributed by atoms with van der Waals surface area (Å²) in [4.78, 5) is 24.0. The van der Waals surface area contributed by atoms with Crippen LogP contribution in [0.15, 0.2) is 59.7 Å². The third-order valence-electron chi connectivity index (χ3n) is 3.94. The maximum absolute atomic E-state index is 12.1. The predicted octanol–water partition coefficient (Wildman–Crippen LogP) is 3.70. The van der Waals surface area contributed by atoms with Gasteiger partial charge in [-0.25, -0.2) is 5.43 Å². The molecule has 26 heavy (non-hydrogen) atoms. The second kappa shape index (κ2) is 10.1. The summed E-state index contributed by atoms with van der Waals surface area (Å²) in [5, 5.41) is 6.91. The lowest BCUT2D eigenvalue weighted by Gasteiger charge is -2.09. The molecule has 0 saturated heterocycles. The fraction of sp³-hybridized carbons (Fsp3) is 0.286. The predicted molar refractivity (Wildman–Crippen MR) is 105 cm³/mol. The minimum Gasteiger partial charge on any atom is -0.326 e. The number of rotatable bonds is 8. The standard InChI is InChI=1S/C21H25N3O2/c1-3-18-11-7-8-12-19(18)22-21(26)15-16(2)23-24-20(25)14-13-17-9-5-4-6-10-17/h4-12H,3,13-15H2,1-2H3,(H,22,26)(H,24,25)/b23-16-. The van der Waals surface area contributed by atoms with Crippen LogP contribution in [0.2, 0.25) is 0 Å². The lowest BCUT2D eigenvalue weighted by Crippen LogP contribution is -2.22. The number of nitrogens with one attached hydrogen (secondary N) is 2. The van der Waals surface area contributed by atoms with E-state index in [1.54, 1.807) is 6.92 Å². The van der Waals surface area contributed by atoms with Crippen molar-refractivity contribution in [2.24, 2.45) is 5.10 Å². The van der Waals surface area contributed by atoms with Crippen LogP contribution in [0.3, 0.4) is 0 Å². The smallest absolute Gasteiger partial charge is 0.240 e. The number of hydrogen-bond acceptors (Lipinski definition) is 3. The highest BCUT2D eigenvalue weighted by atomic mass is 16.2. The Labute approximate surface area is 154 Å². The van der Waals surface area contributed by atoms with Gasteiger partial charge in [0, 0.05) is 17.8 Å². The first kappa shape index (κ1) is 19.4. The summed E-state index contributed by atoms with van der Waals surface area (Å²) >= 11 is 0. The van der Waals surface area contributed by atoms with Crippen molar-refractivity contribution in [2.75, 3.05) is 5.32 Å². The van der Waals surface area contributed by atoms with Gasteiger partial charge in [0.2, 0.25) is 11.8 Å². The van der Waals surface area contributed by atoms with Gasteiger partial charge in [-0.2, -0.15) is 5.10 Å². The zero-order chi connectivity index (χ0) is 18.8. The highest BCUT2D eigenvalue weighted by molar-refractivity contribution is 6.06. The highest BCUT2D eigenvalue weighted by Crippen LogP contribution is 2.15. The van der Waals surface area contributed by atoms with E-state index in [0.717, 1.165) is 23.2 Å². The van der Waals surface area contributed by atoms with E-state index in [1.807, 2.05) is 61.5 Å². The molecule has 2 aromatic rings. The van der Waals surface area contributed by atoms with Crippen LogP contribution < -0.4 is 10.7 Å². The van der Waals surface area contributed by atoms with E-state index in [4.69, 9.17) is 0 Å². The normalized spacial score (nSPS) is 11.1. The van der Waals surface area contributed by atoms with Crippen molar-refractivity contribution in [1.82, 2.24) is 5.43 Å². The van der Waals surface area contributed by atoms with Crippen molar-refractivity contribution < 1.29 is 9.59 Å². The molecule has 2 N–H and O–H groups in total. The SMILES string of the molecule is CCc1ccccc1NC(=O)C/C(C)=N\NC(=O)CCc1ccccc1. The van der Waals surface area contributed by atoms with Gasteiger partial charge in [0.1, 0.15) is 0 Å². The molecule has 0 spiro atoms. The van der Waals surface area contributed by atoms with Gasteiger partial charge >= 0.3 is 0 Å². The molecule has 0 aromatic heterocycles. The number of carbonyl (C=O) groups is 2. The summed E-state index contributed by atoms with van der Waals surface area (Å²) in [6.07, 6.45) is 2.00. The molecule has 2 aromatic carbocycles. The van der Waals surface area contributed by atoms with Gasteiger partial charge in [0.15, 0.2) is 0 Å². The Kier molecular flexibility index (Phi) is 7.55. The van der Waals surface area contributed by atoms with Crippen LogP contribution in [0.4, 0.5) is 5.69 Å². The topological polar surface area (TPSA) is 70.6 Å². The van der Waals surface area contributed by atoms with E-state index in [1.165, 1.54) is 0 Å². The van der Waals surface area contributed by atoms with Gasteiger partial charge in [0.05, 0.1) is 6.42 Å². The molecule has 136 valence electrons. The van der Waals surface area contributed by atoms with Gasteiger partial charge in [-0.05, 0) is 37.0 Å². The van der Waals surface area contributed by atoms with Crippen LogP contribution >= 0.6 is 0 Å². The third-order valence-corrected chi connectivity index (χ3v) is 3.94. The molecular formula is C21H25N3O2. The summed E-state index contributed by atoms with van der Waals surface area (Å²) in [5.41, 5.74) is 6.09. The Balaban J connectivity index is 1.78. The van der Waals surface area contributed by atoms with Crippen molar-refractivity contribution in [3.63, 3.8) is 0 Å². The molecule has 0 aliphatic carbocycles. The first-order valence-electron chi connectivity index (χ1n) is 8.82. The average molecular weight is 351 g/mol. The Bertz CT molecular complexity index is 770. The van der Waals surface area contributed by atoms with Crippen molar-refractivity contribution >= 4 is 23.2 Å². The fourth-order valence-electron chi connectivity index (χ4n) is 2.53. The second-order valence-corrected chi connectivity index (χ2v) is 6.10. The molecular weight excluding hydrogens is 326 g/mol. The van der Waals surface area contributed by atoms with E-state index in [9.17, 15) is 9.59 Å². The summed E-state index contributed by atoms with van der Waals surface area (Å²) in [7, 11) is 0. The first-order chi connectivity index (χ1) is 12.6. The summed E-state index contributed by atoms with van der Waals surface area (Å²) in [5.74, 6) is -0.310. The molecule has 0 radical (unpaired) electrons. The number of anilines is 1. The number of hydrazone groups is 1. The van der Waals surface area contributed by atoms with E-state index in [0.29, 0.717) is 18.6 Å². The van der Waals surface area contributed by atoms with E-state index in [-0.39, 0.29) is 18.2 Å². The number of aryl methyl sites for hydroxylation is 2. The fourth-order valence-corrected chi connectivity index (χ4v) is 2.53. The molecule has 0 fully saturated rings. The van der Waals surface area contributed by atoms with Gasteiger partial charge in [-0.3, -0.25) is 9.59 Å². The minimum atomic E-state index is -0.162. The van der Waals surface area contributed by atoms with Crippen molar-refractivity contribution in [1.29, 1.82) is 0 Å². The molecule has 0 atom stereocenters. The lowest BCUT2D eigenvalue weighted by molar-refractivity contribution is -0.121.